The summed E-state index contributed by atoms with van der Waals surface area (Å²) in [6.45, 7) is 0. The Hall–Kier alpha value is -6.90. The molecule has 254 valence electrons. The molecule has 2 unspecified atom stereocenters. The smallest absolute Gasteiger partial charge is 0.160 e. The lowest BCUT2D eigenvalue weighted by molar-refractivity contribution is 0.731. The SMILES string of the molecule is C1=CC(c2cccc(-c3nc(-c4ccccc4)cc(-c4cccc(-c5ccccc5)c4)n3)c2)C(c2ccc3c4ccccc4c4ccccc4c3c2)C=C1. The van der Waals surface area contributed by atoms with Crippen LogP contribution in [0.2, 0.25) is 0 Å². The third kappa shape index (κ3) is 5.79. The summed E-state index contributed by atoms with van der Waals surface area (Å²) in [6.07, 6.45) is 9.07. The van der Waals surface area contributed by atoms with Gasteiger partial charge in [0.15, 0.2) is 5.82 Å². The maximum atomic E-state index is 5.24. The van der Waals surface area contributed by atoms with Crippen molar-refractivity contribution < 1.29 is 0 Å². The van der Waals surface area contributed by atoms with E-state index in [0.717, 1.165) is 33.6 Å². The summed E-state index contributed by atoms with van der Waals surface area (Å²) < 4.78 is 0. The predicted molar refractivity (Wildman–Crippen MR) is 226 cm³/mol. The molecule has 0 amide bonds. The lowest BCUT2D eigenvalue weighted by Crippen LogP contribution is -2.10. The Morgan fingerprint density at radius 2 is 0.778 bits per heavy atom. The Morgan fingerprint density at radius 1 is 0.296 bits per heavy atom. The molecule has 0 aliphatic heterocycles. The fourth-order valence-electron chi connectivity index (χ4n) is 8.23. The van der Waals surface area contributed by atoms with Crippen LogP contribution in [0.4, 0.5) is 0 Å². The molecule has 0 N–H and O–H groups in total. The summed E-state index contributed by atoms with van der Waals surface area (Å²) in [7, 11) is 0. The molecule has 0 saturated carbocycles. The van der Waals surface area contributed by atoms with Gasteiger partial charge in [0.2, 0.25) is 0 Å². The summed E-state index contributed by atoms with van der Waals surface area (Å²) >= 11 is 0. The van der Waals surface area contributed by atoms with Crippen molar-refractivity contribution in [2.24, 2.45) is 0 Å². The van der Waals surface area contributed by atoms with Gasteiger partial charge in [-0.2, -0.15) is 0 Å². The summed E-state index contributed by atoms with van der Waals surface area (Å²) in [5.41, 5.74) is 9.82. The minimum atomic E-state index is 0.151. The van der Waals surface area contributed by atoms with Crippen LogP contribution in [0.15, 0.2) is 206 Å². The van der Waals surface area contributed by atoms with Gasteiger partial charge in [-0.15, -0.1) is 0 Å². The number of aromatic nitrogens is 2. The molecule has 9 aromatic rings. The van der Waals surface area contributed by atoms with Crippen molar-refractivity contribution in [1.82, 2.24) is 9.97 Å². The molecule has 10 rings (SSSR count). The van der Waals surface area contributed by atoms with Crippen molar-refractivity contribution in [2.45, 2.75) is 11.8 Å². The molecule has 54 heavy (non-hydrogen) atoms. The van der Waals surface area contributed by atoms with Gasteiger partial charge in [-0.1, -0.05) is 182 Å². The fourth-order valence-corrected chi connectivity index (χ4v) is 8.23. The van der Waals surface area contributed by atoms with Gasteiger partial charge in [0.1, 0.15) is 0 Å². The third-order valence-corrected chi connectivity index (χ3v) is 10.9. The van der Waals surface area contributed by atoms with Crippen molar-refractivity contribution in [1.29, 1.82) is 0 Å². The highest BCUT2D eigenvalue weighted by molar-refractivity contribution is 6.25. The number of benzene rings is 8. The first kappa shape index (κ1) is 31.8. The average Bonchev–Trinajstić information content (AvgIpc) is 3.27. The van der Waals surface area contributed by atoms with Crippen LogP contribution >= 0.6 is 0 Å². The van der Waals surface area contributed by atoms with Gasteiger partial charge in [-0.25, -0.2) is 9.97 Å². The maximum absolute atomic E-state index is 5.24. The Morgan fingerprint density at radius 3 is 1.44 bits per heavy atom. The van der Waals surface area contributed by atoms with Crippen molar-refractivity contribution >= 4 is 32.3 Å². The Balaban J connectivity index is 1.07. The van der Waals surface area contributed by atoms with Crippen LogP contribution in [0.1, 0.15) is 23.0 Å². The maximum Gasteiger partial charge on any atom is 0.160 e. The Labute approximate surface area is 315 Å². The quantitative estimate of drug-likeness (QED) is 0.163. The first-order valence-electron chi connectivity index (χ1n) is 18.7. The topological polar surface area (TPSA) is 25.8 Å². The molecule has 0 bridgehead atoms. The molecule has 0 saturated heterocycles. The van der Waals surface area contributed by atoms with Crippen molar-refractivity contribution in [3.63, 3.8) is 0 Å². The molecule has 0 radical (unpaired) electrons. The highest BCUT2D eigenvalue weighted by Gasteiger charge is 2.24. The average molecular weight is 689 g/mol. The van der Waals surface area contributed by atoms with Crippen molar-refractivity contribution in [2.75, 3.05) is 0 Å². The highest BCUT2D eigenvalue weighted by atomic mass is 14.9. The lowest BCUT2D eigenvalue weighted by atomic mass is 9.78. The molecule has 1 aliphatic carbocycles. The molecule has 8 aromatic carbocycles. The van der Waals surface area contributed by atoms with Crippen LogP contribution in [0, 0.1) is 0 Å². The molecule has 1 heterocycles. The summed E-state index contributed by atoms with van der Waals surface area (Å²) in [5.74, 6) is 1.04. The van der Waals surface area contributed by atoms with E-state index in [1.54, 1.807) is 0 Å². The van der Waals surface area contributed by atoms with E-state index in [2.05, 4.69) is 200 Å². The number of rotatable bonds is 6. The second kappa shape index (κ2) is 13.6. The van der Waals surface area contributed by atoms with Gasteiger partial charge in [0, 0.05) is 28.5 Å². The van der Waals surface area contributed by atoms with Crippen LogP contribution in [-0.2, 0) is 0 Å². The zero-order chi connectivity index (χ0) is 35.8. The molecule has 2 atom stereocenters. The molecule has 1 aromatic heterocycles. The lowest BCUT2D eigenvalue weighted by Gasteiger charge is -2.26. The molecule has 2 nitrogen and oxygen atoms in total. The van der Waals surface area contributed by atoms with E-state index in [0.29, 0.717) is 5.82 Å². The minimum Gasteiger partial charge on any atom is -0.228 e. The van der Waals surface area contributed by atoms with Crippen molar-refractivity contribution in [3.05, 3.63) is 217 Å². The summed E-state index contributed by atoms with van der Waals surface area (Å²) in [6, 6.07) is 65.2. The second-order valence-electron chi connectivity index (χ2n) is 14.1. The molecule has 0 fully saturated rings. The zero-order valence-electron chi connectivity index (χ0n) is 29.7. The van der Waals surface area contributed by atoms with E-state index in [-0.39, 0.29) is 11.8 Å². The normalized spacial score (nSPS) is 15.3. The minimum absolute atomic E-state index is 0.151. The van der Waals surface area contributed by atoms with E-state index in [1.165, 1.54) is 49.0 Å². The van der Waals surface area contributed by atoms with Gasteiger partial charge in [-0.05, 0) is 78.8 Å². The van der Waals surface area contributed by atoms with Crippen LogP contribution in [0.25, 0.3) is 77.3 Å². The van der Waals surface area contributed by atoms with Crippen LogP contribution in [-0.4, -0.2) is 9.97 Å². The van der Waals surface area contributed by atoms with Gasteiger partial charge < -0.3 is 0 Å². The molecule has 1 aliphatic rings. The number of hydrogen-bond acceptors (Lipinski definition) is 2. The molecule has 2 heteroatoms. The zero-order valence-corrected chi connectivity index (χ0v) is 29.7. The van der Waals surface area contributed by atoms with E-state index < -0.39 is 0 Å². The first-order valence-corrected chi connectivity index (χ1v) is 18.7. The second-order valence-corrected chi connectivity index (χ2v) is 14.1. The summed E-state index contributed by atoms with van der Waals surface area (Å²) in [4.78, 5) is 10.4. The first-order chi connectivity index (χ1) is 26.8. The largest absolute Gasteiger partial charge is 0.228 e. The van der Waals surface area contributed by atoms with Gasteiger partial charge in [0.25, 0.3) is 0 Å². The molecule has 0 spiro atoms. The van der Waals surface area contributed by atoms with Crippen LogP contribution in [0.5, 0.6) is 0 Å². The number of fused-ring (bicyclic) bond motifs is 6. The van der Waals surface area contributed by atoms with Gasteiger partial charge in [0.05, 0.1) is 11.4 Å². The molecular formula is C52H36N2. The predicted octanol–water partition coefficient (Wildman–Crippen LogP) is 13.6. The Kier molecular flexibility index (Phi) is 8.00. The Bertz CT molecular complexity index is 2850. The standard InChI is InChI=1S/C52H36N2/c1-3-15-35(16-4-1)37-19-13-21-40(31-37)51-34-50(36-17-5-2-6-18-36)53-52(54-51)41-22-14-20-38(32-41)42-23-7-8-24-43(42)39-29-30-48-46-27-10-9-25-44(46)45-26-11-12-28-47(45)49(48)33-39/h1-34,42-43H. The highest BCUT2D eigenvalue weighted by Crippen LogP contribution is 2.42. The number of allylic oxidation sites excluding steroid dienone is 4. The van der Waals surface area contributed by atoms with Crippen LogP contribution in [0.3, 0.4) is 0 Å². The van der Waals surface area contributed by atoms with Crippen molar-refractivity contribution in [3.8, 4) is 45.0 Å². The monoisotopic (exact) mass is 688 g/mol. The van der Waals surface area contributed by atoms with Crippen LogP contribution < -0.4 is 0 Å². The number of hydrogen-bond donors (Lipinski definition) is 0. The summed E-state index contributed by atoms with van der Waals surface area (Å²) in [5, 5.41) is 7.78. The van der Waals surface area contributed by atoms with Gasteiger partial charge in [-0.3, -0.25) is 0 Å². The van der Waals surface area contributed by atoms with E-state index in [1.807, 2.05) is 6.07 Å². The third-order valence-electron chi connectivity index (χ3n) is 10.9. The van der Waals surface area contributed by atoms with E-state index in [9.17, 15) is 0 Å². The fraction of sp³-hybridized carbons (Fsp3) is 0.0385. The van der Waals surface area contributed by atoms with Gasteiger partial charge >= 0.3 is 0 Å². The van der Waals surface area contributed by atoms with E-state index in [4.69, 9.17) is 9.97 Å². The number of nitrogens with zero attached hydrogens (tertiary/aromatic N) is 2. The van der Waals surface area contributed by atoms with E-state index >= 15 is 0 Å². The molecular weight excluding hydrogens is 653 g/mol.